The number of carbonyl (C=O) groups excluding carboxylic acids is 1. The Labute approximate surface area is 140 Å². The highest BCUT2D eigenvalue weighted by Gasteiger charge is 2.28. The van der Waals surface area contributed by atoms with Crippen molar-refractivity contribution in [2.75, 3.05) is 20.3 Å². The molecule has 6 heteroatoms. The summed E-state index contributed by atoms with van der Waals surface area (Å²) in [5.74, 6) is -0.329. The average molecular weight is 337 g/mol. The summed E-state index contributed by atoms with van der Waals surface area (Å²) in [5.41, 5.74) is 0.909. The number of methoxy groups -OCH3 is 1. The Morgan fingerprint density at radius 3 is 2.64 bits per heavy atom. The molecule has 0 aliphatic rings. The fraction of sp³-hybridized carbons (Fsp3) is 0.438. The summed E-state index contributed by atoms with van der Waals surface area (Å²) in [5, 5.41) is 9.41. The Bertz CT molecular complexity index is 542. The molecule has 0 spiro atoms. The lowest BCUT2D eigenvalue weighted by Gasteiger charge is -2.20. The van der Waals surface area contributed by atoms with Gasteiger partial charge in [-0.1, -0.05) is 54.3 Å². The molecule has 0 saturated heterocycles. The molecule has 22 heavy (non-hydrogen) atoms. The quantitative estimate of drug-likeness (QED) is 0.412. The van der Waals surface area contributed by atoms with E-state index in [1.165, 1.54) is 11.8 Å². The van der Waals surface area contributed by atoms with Gasteiger partial charge in [0.25, 0.3) is 0 Å². The zero-order valence-corrected chi connectivity index (χ0v) is 14.3. The van der Waals surface area contributed by atoms with E-state index in [9.17, 15) is 10.1 Å². The van der Waals surface area contributed by atoms with Crippen LogP contribution in [0.3, 0.4) is 0 Å². The molecule has 1 rings (SSSR count). The molecule has 0 saturated carbocycles. The first-order valence-corrected chi connectivity index (χ1v) is 8.07. The van der Waals surface area contributed by atoms with E-state index >= 15 is 0 Å². The maximum atomic E-state index is 11.6. The fourth-order valence-electron chi connectivity index (χ4n) is 1.62. The molecule has 0 aromatic heterocycles. The van der Waals surface area contributed by atoms with Gasteiger partial charge < -0.3 is 9.47 Å². The van der Waals surface area contributed by atoms with Crippen molar-refractivity contribution in [1.29, 1.82) is 5.26 Å². The molecule has 0 N–H and O–H groups in total. The lowest BCUT2D eigenvalue weighted by Crippen LogP contribution is -2.22. The zero-order valence-electron chi connectivity index (χ0n) is 12.7. The van der Waals surface area contributed by atoms with Crippen molar-refractivity contribution in [3.63, 3.8) is 0 Å². The summed E-state index contributed by atoms with van der Waals surface area (Å²) < 4.78 is 9.70. The van der Waals surface area contributed by atoms with Crippen molar-refractivity contribution >= 4 is 34.1 Å². The van der Waals surface area contributed by atoms with Gasteiger partial charge in [-0.2, -0.15) is 5.26 Å². The van der Waals surface area contributed by atoms with Crippen LogP contribution in [-0.2, 0) is 14.3 Å². The van der Waals surface area contributed by atoms with Crippen LogP contribution in [0, 0.1) is 11.3 Å². The van der Waals surface area contributed by atoms with Gasteiger partial charge in [0.1, 0.15) is 11.4 Å². The summed E-state index contributed by atoms with van der Waals surface area (Å²) in [6.07, 6.45) is 0.561. The Morgan fingerprint density at radius 1 is 1.36 bits per heavy atom. The summed E-state index contributed by atoms with van der Waals surface area (Å²) in [6.45, 7) is 2.39. The van der Waals surface area contributed by atoms with E-state index in [1.54, 1.807) is 14.0 Å². The molecule has 0 aliphatic heterocycles. The second kappa shape index (κ2) is 9.57. The maximum absolute atomic E-state index is 11.6. The van der Waals surface area contributed by atoms with Crippen molar-refractivity contribution < 1.29 is 14.3 Å². The van der Waals surface area contributed by atoms with Crippen LogP contribution in [0.2, 0.25) is 0 Å². The van der Waals surface area contributed by atoms with Gasteiger partial charge in [0.05, 0.1) is 16.9 Å². The predicted octanol–water partition coefficient (Wildman–Crippen LogP) is 3.35. The molecule has 4 nitrogen and oxygen atoms in total. The topological polar surface area (TPSA) is 59.3 Å². The Hall–Kier alpha value is -1.42. The van der Waals surface area contributed by atoms with Crippen molar-refractivity contribution in [1.82, 2.24) is 0 Å². The molecule has 0 radical (unpaired) electrons. The van der Waals surface area contributed by atoms with Crippen molar-refractivity contribution in [2.24, 2.45) is 0 Å². The van der Waals surface area contributed by atoms with Gasteiger partial charge in [-0.25, -0.2) is 0 Å². The number of esters is 1. The Kier molecular flexibility index (Phi) is 8.10. The van der Waals surface area contributed by atoms with Crippen LogP contribution in [0.4, 0.5) is 0 Å². The third kappa shape index (κ3) is 6.56. The number of thioether (sulfide) groups is 1. The van der Waals surface area contributed by atoms with E-state index in [0.717, 1.165) is 5.56 Å². The second-order valence-corrected chi connectivity index (χ2v) is 6.99. The smallest absolute Gasteiger partial charge is 0.305 e. The number of benzene rings is 1. The van der Waals surface area contributed by atoms with Crippen LogP contribution in [0.25, 0.3) is 0 Å². The van der Waals surface area contributed by atoms with Crippen LogP contribution in [-0.4, -0.2) is 35.2 Å². The highest BCUT2D eigenvalue weighted by Crippen LogP contribution is 2.33. The van der Waals surface area contributed by atoms with E-state index in [4.69, 9.17) is 21.7 Å². The third-order valence-electron chi connectivity index (χ3n) is 2.92. The Balaban J connectivity index is 2.52. The molecular formula is C16H19NO3S2. The van der Waals surface area contributed by atoms with E-state index in [-0.39, 0.29) is 19.0 Å². The summed E-state index contributed by atoms with van der Waals surface area (Å²) >= 11 is 6.69. The van der Waals surface area contributed by atoms with Crippen LogP contribution in [0.5, 0.6) is 0 Å². The van der Waals surface area contributed by atoms with Crippen LogP contribution < -0.4 is 0 Å². The van der Waals surface area contributed by atoms with Crippen LogP contribution >= 0.6 is 24.0 Å². The normalized spacial score (nSPS) is 13.0. The van der Waals surface area contributed by atoms with Gasteiger partial charge in [-0.15, -0.1) is 0 Å². The van der Waals surface area contributed by atoms with E-state index in [0.29, 0.717) is 17.2 Å². The lowest BCUT2D eigenvalue weighted by atomic mass is 10.1. The number of ether oxygens (including phenoxy) is 2. The molecule has 1 aromatic rings. The molecule has 1 atom stereocenters. The summed E-state index contributed by atoms with van der Waals surface area (Å²) in [6, 6.07) is 11.8. The SMILES string of the molecule is COCCOC(=O)CCC(C)(C#N)SC(=S)c1ccccc1. The molecule has 1 aromatic carbocycles. The molecular weight excluding hydrogens is 318 g/mol. The van der Waals surface area contributed by atoms with E-state index in [1.807, 2.05) is 30.3 Å². The van der Waals surface area contributed by atoms with Gasteiger partial charge in [0.15, 0.2) is 0 Å². The number of nitrogens with zero attached hydrogens (tertiary/aromatic N) is 1. The number of hydrogen-bond donors (Lipinski definition) is 0. The number of thiocarbonyl (C=S) groups is 1. The van der Waals surface area contributed by atoms with Gasteiger partial charge >= 0.3 is 5.97 Å². The molecule has 0 heterocycles. The average Bonchev–Trinajstić information content (AvgIpc) is 2.54. The monoisotopic (exact) mass is 337 g/mol. The fourth-order valence-corrected chi connectivity index (χ4v) is 3.22. The number of nitriles is 1. The van der Waals surface area contributed by atoms with Crippen molar-refractivity contribution in [2.45, 2.75) is 24.5 Å². The van der Waals surface area contributed by atoms with Crippen molar-refractivity contribution in [3.05, 3.63) is 35.9 Å². The molecule has 0 aliphatic carbocycles. The first kappa shape index (κ1) is 18.6. The third-order valence-corrected chi connectivity index (χ3v) is 4.57. The first-order chi connectivity index (χ1) is 10.5. The molecule has 0 amide bonds. The molecule has 0 fully saturated rings. The minimum absolute atomic E-state index is 0.179. The van der Waals surface area contributed by atoms with Crippen molar-refractivity contribution in [3.8, 4) is 6.07 Å². The molecule has 0 bridgehead atoms. The number of hydrogen-bond acceptors (Lipinski definition) is 6. The minimum atomic E-state index is -0.757. The predicted molar refractivity (Wildman–Crippen MR) is 91.8 cm³/mol. The van der Waals surface area contributed by atoms with Gasteiger partial charge in [0, 0.05) is 13.5 Å². The largest absolute Gasteiger partial charge is 0.463 e. The minimum Gasteiger partial charge on any atom is -0.463 e. The van der Waals surface area contributed by atoms with Gasteiger partial charge in [0.2, 0.25) is 0 Å². The van der Waals surface area contributed by atoms with E-state index < -0.39 is 4.75 Å². The summed E-state index contributed by atoms with van der Waals surface area (Å²) in [4.78, 5) is 11.6. The van der Waals surface area contributed by atoms with Crippen LogP contribution in [0.15, 0.2) is 30.3 Å². The molecule has 118 valence electrons. The van der Waals surface area contributed by atoms with E-state index in [2.05, 4.69) is 6.07 Å². The number of rotatable bonds is 8. The second-order valence-electron chi connectivity index (χ2n) is 4.81. The lowest BCUT2D eigenvalue weighted by molar-refractivity contribution is -0.145. The van der Waals surface area contributed by atoms with Gasteiger partial charge in [-0.05, 0) is 18.9 Å². The highest BCUT2D eigenvalue weighted by atomic mass is 32.2. The first-order valence-electron chi connectivity index (χ1n) is 6.85. The zero-order chi connectivity index (χ0) is 16.4. The summed E-state index contributed by atoms with van der Waals surface area (Å²) in [7, 11) is 1.54. The maximum Gasteiger partial charge on any atom is 0.305 e. The Morgan fingerprint density at radius 2 is 2.05 bits per heavy atom. The van der Waals surface area contributed by atoms with Gasteiger partial charge in [-0.3, -0.25) is 4.79 Å². The molecule has 1 unspecified atom stereocenters. The van der Waals surface area contributed by atoms with Crippen LogP contribution in [0.1, 0.15) is 25.3 Å². The number of carbonyl (C=O) groups is 1. The standard InChI is InChI=1S/C16H19NO3S2/c1-16(12-17,9-8-14(18)20-11-10-19-2)22-15(21)13-6-4-3-5-7-13/h3-7H,8-11H2,1-2H3. The highest BCUT2D eigenvalue weighted by molar-refractivity contribution is 8.24.